The Kier molecular flexibility index (Phi) is 4.18. The highest BCUT2D eigenvalue weighted by molar-refractivity contribution is 5.94. The summed E-state index contributed by atoms with van der Waals surface area (Å²) in [5.74, 6) is 0.374. The van der Waals surface area contributed by atoms with Crippen LogP contribution in [0.1, 0.15) is 35.7 Å². The average Bonchev–Trinajstić information content (AvgIpc) is 2.47. The molecule has 0 bridgehead atoms. The second-order valence-electron chi connectivity index (χ2n) is 5.06. The zero-order valence-electron chi connectivity index (χ0n) is 11.2. The minimum Gasteiger partial charge on any atom is -0.338 e. The summed E-state index contributed by atoms with van der Waals surface area (Å²) in [7, 11) is 0. The van der Waals surface area contributed by atoms with Gasteiger partial charge in [0.25, 0.3) is 5.91 Å². The number of nitrogens with zero attached hydrogens (tertiary/aromatic N) is 2. The van der Waals surface area contributed by atoms with Crippen molar-refractivity contribution < 1.29 is 4.79 Å². The predicted molar refractivity (Wildman–Crippen MR) is 73.4 cm³/mol. The molecule has 1 aromatic rings. The zero-order chi connectivity index (χ0) is 13.8. The number of likely N-dealkylation sites (tertiary alicyclic amines) is 1. The van der Waals surface area contributed by atoms with E-state index in [2.05, 4.69) is 13.0 Å². The van der Waals surface area contributed by atoms with Crippen LogP contribution >= 0.6 is 0 Å². The lowest BCUT2D eigenvalue weighted by Gasteiger charge is -2.36. The number of carbonyl (C=O) groups is 1. The molecule has 1 aromatic carbocycles. The van der Waals surface area contributed by atoms with E-state index < -0.39 is 0 Å². The van der Waals surface area contributed by atoms with Crippen molar-refractivity contribution in [2.75, 3.05) is 13.1 Å². The van der Waals surface area contributed by atoms with Gasteiger partial charge in [0.2, 0.25) is 0 Å². The van der Waals surface area contributed by atoms with Gasteiger partial charge in [-0.25, -0.2) is 0 Å². The second-order valence-corrected chi connectivity index (χ2v) is 5.06. The standard InChI is InChI=1S/C15H19N3O/c1-2-12-10-18(7-6-14(12)17)15(19)13-5-3-4-11(8-13)9-16/h3-5,8,12,14H,2,6-7,10,17H2,1H3. The van der Waals surface area contributed by atoms with Gasteiger partial charge in [-0.15, -0.1) is 0 Å². The number of piperidine rings is 1. The SMILES string of the molecule is CCC1CN(C(=O)c2cccc(C#N)c2)CCC1N. The fourth-order valence-electron chi connectivity index (χ4n) is 2.57. The lowest BCUT2D eigenvalue weighted by molar-refractivity contribution is 0.0649. The van der Waals surface area contributed by atoms with Crippen molar-refractivity contribution in [1.29, 1.82) is 5.26 Å². The third kappa shape index (κ3) is 2.94. The van der Waals surface area contributed by atoms with Crippen LogP contribution in [0.4, 0.5) is 0 Å². The first kappa shape index (κ1) is 13.6. The van der Waals surface area contributed by atoms with Gasteiger partial charge in [0.15, 0.2) is 0 Å². The van der Waals surface area contributed by atoms with Gasteiger partial charge in [0, 0.05) is 24.7 Å². The number of amides is 1. The molecule has 0 saturated carbocycles. The molecule has 0 radical (unpaired) electrons. The van der Waals surface area contributed by atoms with Crippen LogP contribution in [0.5, 0.6) is 0 Å². The molecule has 1 heterocycles. The highest BCUT2D eigenvalue weighted by atomic mass is 16.2. The van der Waals surface area contributed by atoms with Crippen LogP contribution < -0.4 is 5.73 Å². The first-order valence-corrected chi connectivity index (χ1v) is 6.70. The van der Waals surface area contributed by atoms with E-state index in [0.29, 0.717) is 30.1 Å². The fraction of sp³-hybridized carbons (Fsp3) is 0.467. The first-order valence-electron chi connectivity index (χ1n) is 6.70. The molecule has 4 heteroatoms. The summed E-state index contributed by atoms with van der Waals surface area (Å²) < 4.78 is 0. The molecule has 2 unspecified atom stereocenters. The smallest absolute Gasteiger partial charge is 0.253 e. The molecule has 1 amide bonds. The van der Waals surface area contributed by atoms with E-state index in [4.69, 9.17) is 11.0 Å². The summed E-state index contributed by atoms with van der Waals surface area (Å²) in [5.41, 5.74) is 7.16. The molecule has 2 atom stereocenters. The maximum absolute atomic E-state index is 12.4. The highest BCUT2D eigenvalue weighted by Crippen LogP contribution is 2.20. The van der Waals surface area contributed by atoms with Gasteiger partial charge in [-0.05, 0) is 30.5 Å². The molecule has 0 spiro atoms. The third-order valence-electron chi connectivity index (χ3n) is 3.84. The largest absolute Gasteiger partial charge is 0.338 e. The van der Waals surface area contributed by atoms with Crippen LogP contribution in [-0.4, -0.2) is 29.9 Å². The van der Waals surface area contributed by atoms with Crippen molar-refractivity contribution in [2.24, 2.45) is 11.7 Å². The van der Waals surface area contributed by atoms with Crippen molar-refractivity contribution in [2.45, 2.75) is 25.8 Å². The molecule has 2 rings (SSSR count). The van der Waals surface area contributed by atoms with E-state index in [1.54, 1.807) is 24.3 Å². The van der Waals surface area contributed by atoms with Crippen LogP contribution in [-0.2, 0) is 0 Å². The van der Waals surface area contributed by atoms with Crippen LogP contribution in [0.3, 0.4) is 0 Å². The van der Waals surface area contributed by atoms with E-state index in [9.17, 15) is 4.79 Å². The van der Waals surface area contributed by atoms with Gasteiger partial charge >= 0.3 is 0 Å². The molecule has 0 aliphatic carbocycles. The van der Waals surface area contributed by atoms with E-state index in [1.165, 1.54) is 0 Å². The summed E-state index contributed by atoms with van der Waals surface area (Å²) in [6.07, 6.45) is 1.84. The minimum atomic E-state index is 0.00227. The van der Waals surface area contributed by atoms with Crippen molar-refractivity contribution in [3.05, 3.63) is 35.4 Å². The predicted octanol–water partition coefficient (Wildman–Crippen LogP) is 1.76. The van der Waals surface area contributed by atoms with Crippen molar-refractivity contribution in [3.8, 4) is 6.07 Å². The molecule has 2 N–H and O–H groups in total. The van der Waals surface area contributed by atoms with Crippen LogP contribution in [0, 0.1) is 17.2 Å². The van der Waals surface area contributed by atoms with Gasteiger partial charge in [-0.1, -0.05) is 19.4 Å². The lowest BCUT2D eigenvalue weighted by atomic mass is 9.90. The lowest BCUT2D eigenvalue weighted by Crippen LogP contribution is -2.49. The molecule has 1 aliphatic heterocycles. The Morgan fingerprint density at radius 1 is 1.58 bits per heavy atom. The quantitative estimate of drug-likeness (QED) is 0.877. The molecular weight excluding hydrogens is 238 g/mol. The molecule has 0 aromatic heterocycles. The van der Waals surface area contributed by atoms with Crippen LogP contribution in [0.15, 0.2) is 24.3 Å². The molecule has 19 heavy (non-hydrogen) atoms. The van der Waals surface area contributed by atoms with Crippen LogP contribution in [0.2, 0.25) is 0 Å². The van der Waals surface area contributed by atoms with E-state index >= 15 is 0 Å². The maximum Gasteiger partial charge on any atom is 0.253 e. The summed E-state index contributed by atoms with van der Waals surface area (Å²) in [5, 5.41) is 8.88. The minimum absolute atomic E-state index is 0.00227. The Morgan fingerprint density at radius 2 is 2.37 bits per heavy atom. The number of carbonyl (C=O) groups excluding carboxylic acids is 1. The number of nitriles is 1. The zero-order valence-corrected chi connectivity index (χ0v) is 11.2. The Labute approximate surface area is 113 Å². The monoisotopic (exact) mass is 257 g/mol. The molecule has 100 valence electrons. The van der Waals surface area contributed by atoms with Gasteiger partial charge in [-0.2, -0.15) is 5.26 Å². The summed E-state index contributed by atoms with van der Waals surface area (Å²) in [4.78, 5) is 14.3. The van der Waals surface area contributed by atoms with Gasteiger partial charge in [0.05, 0.1) is 11.6 Å². The third-order valence-corrected chi connectivity index (χ3v) is 3.84. The van der Waals surface area contributed by atoms with E-state index in [-0.39, 0.29) is 11.9 Å². The molecular formula is C15H19N3O. The number of nitrogens with two attached hydrogens (primary N) is 1. The average molecular weight is 257 g/mol. The normalized spacial score (nSPS) is 22.9. The van der Waals surface area contributed by atoms with Crippen molar-refractivity contribution in [3.63, 3.8) is 0 Å². The number of benzene rings is 1. The topological polar surface area (TPSA) is 70.1 Å². The van der Waals surface area contributed by atoms with E-state index in [0.717, 1.165) is 12.8 Å². The number of hydrogen-bond donors (Lipinski definition) is 1. The summed E-state index contributed by atoms with van der Waals surface area (Å²) in [6, 6.07) is 9.12. The van der Waals surface area contributed by atoms with Gasteiger partial charge < -0.3 is 10.6 Å². The van der Waals surface area contributed by atoms with E-state index in [1.807, 2.05) is 4.90 Å². The van der Waals surface area contributed by atoms with Gasteiger partial charge in [-0.3, -0.25) is 4.79 Å². The molecule has 1 saturated heterocycles. The number of rotatable bonds is 2. The number of hydrogen-bond acceptors (Lipinski definition) is 3. The molecule has 4 nitrogen and oxygen atoms in total. The molecule has 1 fully saturated rings. The maximum atomic E-state index is 12.4. The van der Waals surface area contributed by atoms with Crippen molar-refractivity contribution in [1.82, 2.24) is 4.90 Å². The molecule has 1 aliphatic rings. The first-order chi connectivity index (χ1) is 9.15. The van der Waals surface area contributed by atoms with Gasteiger partial charge in [0.1, 0.15) is 0 Å². The Morgan fingerprint density at radius 3 is 3.05 bits per heavy atom. The highest BCUT2D eigenvalue weighted by Gasteiger charge is 2.28. The summed E-state index contributed by atoms with van der Waals surface area (Å²) in [6.45, 7) is 3.52. The summed E-state index contributed by atoms with van der Waals surface area (Å²) >= 11 is 0. The van der Waals surface area contributed by atoms with Crippen LogP contribution in [0.25, 0.3) is 0 Å². The Bertz CT molecular complexity index is 506. The fourth-order valence-corrected chi connectivity index (χ4v) is 2.57. The van der Waals surface area contributed by atoms with Crippen molar-refractivity contribution >= 4 is 5.91 Å². The Balaban J connectivity index is 2.13. The second kappa shape index (κ2) is 5.85. The Hall–Kier alpha value is -1.86.